The van der Waals surface area contributed by atoms with Crippen LogP contribution in [0.4, 0.5) is 22.0 Å². The van der Waals surface area contributed by atoms with Gasteiger partial charge in [-0.3, -0.25) is 0 Å². The van der Waals surface area contributed by atoms with Crippen LogP contribution in [-0.4, -0.2) is 6.54 Å². The lowest BCUT2D eigenvalue weighted by molar-refractivity contribution is -0.0145. The van der Waals surface area contributed by atoms with Gasteiger partial charge in [0.15, 0.2) is 11.6 Å². The van der Waals surface area contributed by atoms with Gasteiger partial charge in [0.1, 0.15) is 5.82 Å². The van der Waals surface area contributed by atoms with Crippen molar-refractivity contribution >= 4 is 0 Å². The molecule has 6 heteroatoms. The van der Waals surface area contributed by atoms with Gasteiger partial charge in [0.05, 0.1) is 5.56 Å². The Morgan fingerprint density at radius 2 is 1.53 bits per heavy atom. The Labute approximate surface area is 82.7 Å². The second-order valence-corrected chi connectivity index (χ2v) is 2.99. The van der Waals surface area contributed by atoms with Gasteiger partial charge >= 0.3 is 0 Å². The molecule has 0 aliphatic heterocycles. The van der Waals surface area contributed by atoms with Crippen LogP contribution in [0.1, 0.15) is 12.0 Å². The highest BCUT2D eigenvalue weighted by Crippen LogP contribution is 2.33. The van der Waals surface area contributed by atoms with Gasteiger partial charge in [-0.05, 0) is 12.6 Å². The first-order valence-electron chi connectivity index (χ1n) is 4.11. The average Bonchev–Trinajstić information content (AvgIpc) is 2.11. The fraction of sp³-hybridized carbons (Fsp3) is 0.333. The molecule has 15 heavy (non-hydrogen) atoms. The molecule has 0 aliphatic rings. The molecule has 0 spiro atoms. The Hall–Kier alpha value is -1.17. The molecule has 0 amide bonds. The van der Waals surface area contributed by atoms with E-state index in [1.54, 1.807) is 0 Å². The van der Waals surface area contributed by atoms with Crippen molar-refractivity contribution in [3.8, 4) is 0 Å². The second kappa shape index (κ2) is 4.14. The second-order valence-electron chi connectivity index (χ2n) is 2.99. The summed E-state index contributed by atoms with van der Waals surface area (Å²) in [6.07, 6.45) is -0.824. The monoisotopic (exact) mass is 225 g/mol. The number of hydrogen-bond acceptors (Lipinski definition) is 1. The molecule has 0 heterocycles. The maximum absolute atomic E-state index is 13.1. The van der Waals surface area contributed by atoms with Gasteiger partial charge in [0.2, 0.25) is 0 Å². The molecule has 2 N–H and O–H groups in total. The Kier molecular flexibility index (Phi) is 3.28. The zero-order valence-electron chi connectivity index (χ0n) is 7.54. The van der Waals surface area contributed by atoms with E-state index in [1.807, 2.05) is 0 Å². The fourth-order valence-corrected chi connectivity index (χ4v) is 1.12. The Bertz CT molecular complexity index is 364. The summed E-state index contributed by atoms with van der Waals surface area (Å²) in [6, 6.07) is 0.245. The molecule has 0 unspecified atom stereocenters. The predicted molar refractivity (Wildman–Crippen MR) is 43.9 cm³/mol. The maximum Gasteiger partial charge on any atom is 0.277 e. The molecule has 84 valence electrons. The molecule has 1 aromatic rings. The lowest BCUT2D eigenvalue weighted by Gasteiger charge is -2.16. The summed E-state index contributed by atoms with van der Waals surface area (Å²) in [7, 11) is 0. The van der Waals surface area contributed by atoms with Gasteiger partial charge in [0.25, 0.3) is 5.92 Å². The van der Waals surface area contributed by atoms with Gasteiger partial charge < -0.3 is 5.73 Å². The Morgan fingerprint density at radius 3 is 2.07 bits per heavy atom. The topological polar surface area (TPSA) is 26.0 Å². The quantitative estimate of drug-likeness (QED) is 0.620. The van der Waals surface area contributed by atoms with Crippen molar-refractivity contribution < 1.29 is 22.0 Å². The molecule has 0 aliphatic carbocycles. The normalized spacial score (nSPS) is 11.9. The number of hydrogen-bond donors (Lipinski definition) is 1. The highest BCUT2D eigenvalue weighted by molar-refractivity contribution is 5.24. The van der Waals surface area contributed by atoms with E-state index in [0.717, 1.165) is 0 Å². The van der Waals surface area contributed by atoms with Crippen molar-refractivity contribution in [1.29, 1.82) is 0 Å². The molecular formula is C9H8F5N. The van der Waals surface area contributed by atoms with Gasteiger partial charge in [0, 0.05) is 12.5 Å². The average molecular weight is 225 g/mol. The van der Waals surface area contributed by atoms with Crippen molar-refractivity contribution in [2.24, 2.45) is 5.73 Å². The lowest BCUT2D eigenvalue weighted by atomic mass is 10.0. The molecule has 0 bridgehead atoms. The van der Waals surface area contributed by atoms with Crippen molar-refractivity contribution in [1.82, 2.24) is 0 Å². The number of benzene rings is 1. The predicted octanol–water partition coefficient (Wildman–Crippen LogP) is 2.54. The molecule has 0 saturated heterocycles. The van der Waals surface area contributed by atoms with E-state index in [4.69, 9.17) is 5.73 Å². The molecule has 0 fully saturated rings. The van der Waals surface area contributed by atoms with Gasteiger partial charge in [-0.2, -0.15) is 0 Å². The van der Waals surface area contributed by atoms with Crippen LogP contribution in [0.15, 0.2) is 12.1 Å². The van der Waals surface area contributed by atoms with Crippen LogP contribution in [0.25, 0.3) is 0 Å². The van der Waals surface area contributed by atoms with E-state index in [2.05, 4.69) is 0 Å². The smallest absolute Gasteiger partial charge is 0.277 e. The summed E-state index contributed by atoms with van der Waals surface area (Å²) in [6.45, 7) is -0.383. The molecule has 0 saturated carbocycles. The summed E-state index contributed by atoms with van der Waals surface area (Å²) in [5.74, 6) is -8.08. The van der Waals surface area contributed by atoms with E-state index >= 15 is 0 Å². The van der Waals surface area contributed by atoms with Crippen LogP contribution >= 0.6 is 0 Å². The summed E-state index contributed by atoms with van der Waals surface area (Å²) >= 11 is 0. The number of nitrogens with two attached hydrogens (primary N) is 1. The third-order valence-electron chi connectivity index (χ3n) is 1.86. The lowest BCUT2D eigenvalue weighted by Crippen LogP contribution is -2.20. The van der Waals surface area contributed by atoms with Gasteiger partial charge in [-0.1, -0.05) is 0 Å². The zero-order chi connectivity index (χ0) is 11.6. The minimum absolute atomic E-state index is 0.0924. The standard InChI is InChI=1S/C9H8F5N/c10-6-4-8(12)7(11)3-5(6)9(13,14)1-2-15/h3-4H,1-2,15H2. The minimum atomic E-state index is -3.59. The van der Waals surface area contributed by atoms with Crippen molar-refractivity contribution in [2.75, 3.05) is 6.54 Å². The van der Waals surface area contributed by atoms with Crippen LogP contribution in [0.2, 0.25) is 0 Å². The highest BCUT2D eigenvalue weighted by Gasteiger charge is 2.34. The first-order valence-corrected chi connectivity index (χ1v) is 4.11. The molecule has 0 aromatic heterocycles. The van der Waals surface area contributed by atoms with Crippen LogP contribution in [0.5, 0.6) is 0 Å². The highest BCUT2D eigenvalue weighted by atomic mass is 19.3. The summed E-state index contributed by atoms with van der Waals surface area (Å²) < 4.78 is 64.2. The fourth-order valence-electron chi connectivity index (χ4n) is 1.12. The Morgan fingerprint density at radius 1 is 1.00 bits per heavy atom. The zero-order valence-corrected chi connectivity index (χ0v) is 7.54. The number of halogens is 5. The SMILES string of the molecule is NCCC(F)(F)c1cc(F)c(F)cc1F. The summed E-state index contributed by atoms with van der Waals surface area (Å²) in [5, 5.41) is 0. The summed E-state index contributed by atoms with van der Waals surface area (Å²) in [5.41, 5.74) is 3.73. The van der Waals surface area contributed by atoms with Crippen molar-refractivity contribution in [2.45, 2.75) is 12.3 Å². The van der Waals surface area contributed by atoms with Crippen LogP contribution < -0.4 is 5.73 Å². The van der Waals surface area contributed by atoms with E-state index in [-0.39, 0.29) is 18.7 Å². The van der Waals surface area contributed by atoms with E-state index < -0.39 is 35.4 Å². The minimum Gasteiger partial charge on any atom is -0.330 e. The molecule has 1 rings (SSSR count). The third-order valence-corrected chi connectivity index (χ3v) is 1.86. The molecule has 1 nitrogen and oxygen atoms in total. The first-order chi connectivity index (χ1) is 6.88. The van der Waals surface area contributed by atoms with E-state index in [0.29, 0.717) is 0 Å². The molecule has 0 radical (unpaired) electrons. The van der Waals surface area contributed by atoms with E-state index in [9.17, 15) is 22.0 Å². The van der Waals surface area contributed by atoms with Crippen LogP contribution in [0, 0.1) is 17.5 Å². The molecular weight excluding hydrogens is 217 g/mol. The summed E-state index contributed by atoms with van der Waals surface area (Å²) in [4.78, 5) is 0. The number of alkyl halides is 2. The number of rotatable bonds is 3. The maximum atomic E-state index is 13.1. The van der Waals surface area contributed by atoms with E-state index in [1.165, 1.54) is 0 Å². The molecule has 1 aromatic carbocycles. The largest absolute Gasteiger partial charge is 0.330 e. The van der Waals surface area contributed by atoms with Crippen LogP contribution in [-0.2, 0) is 5.92 Å². The first kappa shape index (κ1) is 11.9. The van der Waals surface area contributed by atoms with Crippen molar-refractivity contribution in [3.63, 3.8) is 0 Å². The van der Waals surface area contributed by atoms with Crippen LogP contribution in [0.3, 0.4) is 0 Å². The molecule has 0 atom stereocenters. The van der Waals surface area contributed by atoms with Crippen molar-refractivity contribution in [3.05, 3.63) is 35.1 Å². The van der Waals surface area contributed by atoms with Gasteiger partial charge in [-0.25, -0.2) is 22.0 Å². The third kappa shape index (κ3) is 2.44. The Balaban J connectivity index is 3.19. The van der Waals surface area contributed by atoms with Gasteiger partial charge in [-0.15, -0.1) is 0 Å².